The lowest BCUT2D eigenvalue weighted by atomic mass is 9.79. The summed E-state index contributed by atoms with van der Waals surface area (Å²) in [5.74, 6) is 0.495. The summed E-state index contributed by atoms with van der Waals surface area (Å²) in [6.45, 7) is 3.31. The van der Waals surface area contributed by atoms with E-state index in [1.807, 2.05) is 13.0 Å². The lowest BCUT2D eigenvalue weighted by Gasteiger charge is -2.32. The first-order chi connectivity index (χ1) is 15.9. The van der Waals surface area contributed by atoms with Crippen LogP contribution in [0.1, 0.15) is 54.0 Å². The maximum Gasteiger partial charge on any atom is 0.234 e. The second kappa shape index (κ2) is 9.51. The van der Waals surface area contributed by atoms with Crippen LogP contribution in [0.25, 0.3) is 0 Å². The number of rotatable bonds is 6. The molecule has 0 radical (unpaired) electrons. The van der Waals surface area contributed by atoms with Gasteiger partial charge in [-0.2, -0.15) is 5.26 Å². The molecule has 1 aliphatic heterocycles. The van der Waals surface area contributed by atoms with Crippen molar-refractivity contribution >= 4 is 34.9 Å². The molecule has 0 fully saturated rings. The van der Waals surface area contributed by atoms with Crippen molar-refractivity contribution in [3.05, 3.63) is 75.4 Å². The van der Waals surface area contributed by atoms with E-state index in [1.54, 1.807) is 30.3 Å². The summed E-state index contributed by atoms with van der Waals surface area (Å²) in [5.41, 5.74) is 2.92. The number of ketones is 2. The van der Waals surface area contributed by atoms with E-state index in [1.165, 1.54) is 18.7 Å². The number of carbonyl (C=O) groups is 3. The van der Waals surface area contributed by atoms with Gasteiger partial charge in [-0.3, -0.25) is 14.4 Å². The minimum Gasteiger partial charge on any atom is -0.465 e. The Hall–Kier alpha value is -3.57. The Kier molecular flexibility index (Phi) is 6.52. The number of benzene rings is 1. The van der Waals surface area contributed by atoms with Crippen molar-refractivity contribution in [1.29, 1.82) is 5.26 Å². The fourth-order valence-electron chi connectivity index (χ4n) is 4.05. The minimum absolute atomic E-state index is 0.0198. The number of hydrogen-bond acceptors (Lipinski definition) is 7. The van der Waals surface area contributed by atoms with E-state index in [0.717, 1.165) is 12.1 Å². The molecule has 33 heavy (non-hydrogen) atoms. The second-order valence-electron chi connectivity index (χ2n) is 8.00. The van der Waals surface area contributed by atoms with E-state index in [9.17, 15) is 19.6 Å². The molecule has 2 aliphatic rings. The molecule has 2 N–H and O–H groups in total. The van der Waals surface area contributed by atoms with Crippen molar-refractivity contribution in [3.63, 3.8) is 0 Å². The van der Waals surface area contributed by atoms with Gasteiger partial charge >= 0.3 is 0 Å². The molecule has 0 bridgehead atoms. The number of hydrogen-bond donors (Lipinski definition) is 2. The molecule has 1 amide bonds. The van der Waals surface area contributed by atoms with Crippen molar-refractivity contribution < 1.29 is 18.8 Å². The highest BCUT2D eigenvalue weighted by atomic mass is 32.2. The van der Waals surface area contributed by atoms with E-state index in [4.69, 9.17) is 4.42 Å². The number of thioether (sulfide) groups is 1. The lowest BCUT2D eigenvalue weighted by Crippen LogP contribution is -2.31. The van der Waals surface area contributed by atoms with Crippen LogP contribution < -0.4 is 10.6 Å². The quantitative estimate of drug-likeness (QED) is 0.605. The first-order valence-electron chi connectivity index (χ1n) is 10.6. The highest BCUT2D eigenvalue weighted by molar-refractivity contribution is 8.03. The summed E-state index contributed by atoms with van der Waals surface area (Å²) in [5, 5.41) is 16.6. The Labute approximate surface area is 195 Å². The third-order valence-electron chi connectivity index (χ3n) is 5.63. The molecular formula is C25H23N3O4S. The summed E-state index contributed by atoms with van der Waals surface area (Å²) < 4.78 is 5.82. The number of nitrogens with zero attached hydrogens (tertiary/aromatic N) is 1. The number of allylic oxidation sites excluding steroid dienone is 3. The predicted molar refractivity (Wildman–Crippen MR) is 125 cm³/mol. The van der Waals surface area contributed by atoms with Gasteiger partial charge in [0.1, 0.15) is 11.5 Å². The van der Waals surface area contributed by atoms with Crippen LogP contribution in [0.15, 0.2) is 62.7 Å². The summed E-state index contributed by atoms with van der Waals surface area (Å²) in [4.78, 5) is 36.7. The Bertz CT molecular complexity index is 1230. The number of furan rings is 1. The highest BCUT2D eigenvalue weighted by Crippen LogP contribution is 2.44. The van der Waals surface area contributed by atoms with Crippen molar-refractivity contribution in [2.24, 2.45) is 0 Å². The van der Waals surface area contributed by atoms with Gasteiger partial charge in [-0.05, 0) is 63.1 Å². The average molecular weight is 462 g/mol. The highest BCUT2D eigenvalue weighted by Gasteiger charge is 2.38. The van der Waals surface area contributed by atoms with Crippen LogP contribution in [0.5, 0.6) is 0 Å². The minimum atomic E-state index is -0.572. The zero-order chi connectivity index (χ0) is 23.5. The SMILES string of the molecule is CC(=O)c1ccc(NC(=O)CSC2=C(C#N)[C@@H](c3ccc(C)o3)C3=C(CCCC3=O)N2)cc1. The molecule has 168 valence electrons. The molecule has 1 atom stereocenters. The molecule has 8 heteroatoms. The van der Waals surface area contributed by atoms with Crippen molar-refractivity contribution in [1.82, 2.24) is 5.32 Å². The van der Waals surface area contributed by atoms with Gasteiger partial charge in [0.05, 0.1) is 28.3 Å². The Morgan fingerprint density at radius 3 is 2.61 bits per heavy atom. The fourth-order valence-corrected chi connectivity index (χ4v) is 4.92. The van der Waals surface area contributed by atoms with Gasteiger partial charge < -0.3 is 15.1 Å². The van der Waals surface area contributed by atoms with Crippen LogP contribution in [0, 0.1) is 18.3 Å². The van der Waals surface area contributed by atoms with Gasteiger partial charge in [0.25, 0.3) is 0 Å². The first-order valence-corrected chi connectivity index (χ1v) is 11.6. The number of Topliss-reactive ketones (excluding diaryl/α,β-unsaturated/α-hetero) is 2. The Morgan fingerprint density at radius 1 is 1.21 bits per heavy atom. The molecule has 0 unspecified atom stereocenters. The summed E-state index contributed by atoms with van der Waals surface area (Å²) in [6, 6.07) is 12.5. The predicted octanol–water partition coefficient (Wildman–Crippen LogP) is 4.59. The molecule has 1 aromatic heterocycles. The Balaban J connectivity index is 1.54. The van der Waals surface area contributed by atoms with Crippen LogP contribution in [-0.4, -0.2) is 23.2 Å². The summed E-state index contributed by atoms with van der Waals surface area (Å²) >= 11 is 1.22. The molecule has 4 rings (SSSR count). The summed E-state index contributed by atoms with van der Waals surface area (Å²) in [6.07, 6.45) is 1.89. The lowest BCUT2D eigenvalue weighted by molar-refractivity contribution is -0.116. The van der Waals surface area contributed by atoms with Gasteiger partial charge in [0.2, 0.25) is 5.91 Å². The maximum atomic E-state index is 12.8. The first kappa shape index (κ1) is 22.6. The van der Waals surface area contributed by atoms with Crippen molar-refractivity contribution in [3.8, 4) is 6.07 Å². The molecule has 2 heterocycles. The third-order valence-corrected chi connectivity index (χ3v) is 6.65. The molecule has 0 saturated carbocycles. The molecular weight excluding hydrogens is 438 g/mol. The largest absolute Gasteiger partial charge is 0.465 e. The molecule has 2 aromatic rings. The van der Waals surface area contributed by atoms with Gasteiger partial charge in [-0.15, -0.1) is 0 Å². The van der Waals surface area contributed by atoms with Crippen LogP contribution in [0.4, 0.5) is 5.69 Å². The third kappa shape index (κ3) is 4.78. The number of aryl methyl sites for hydroxylation is 1. The topological polar surface area (TPSA) is 112 Å². The summed E-state index contributed by atoms with van der Waals surface area (Å²) in [7, 11) is 0. The smallest absolute Gasteiger partial charge is 0.234 e. The van der Waals surface area contributed by atoms with Crippen molar-refractivity contribution in [2.75, 3.05) is 11.1 Å². The number of nitrogens with one attached hydrogen (secondary N) is 2. The maximum absolute atomic E-state index is 12.8. The van der Waals surface area contributed by atoms with Gasteiger partial charge in [-0.1, -0.05) is 11.8 Å². The standard InChI is InChI=1S/C25H23N3O4S/c1-14-6-11-21(32-14)23-18(12-26)25(28-19-4-3-5-20(30)24(19)23)33-13-22(31)27-17-9-7-16(8-10-17)15(2)29/h6-11,23,28H,3-5,13H2,1-2H3,(H,27,31)/t23-/m0/s1. The van der Waals surface area contributed by atoms with E-state index < -0.39 is 5.92 Å². The molecule has 1 aliphatic carbocycles. The zero-order valence-electron chi connectivity index (χ0n) is 18.4. The number of nitriles is 1. The van der Waals surface area contributed by atoms with Gasteiger partial charge in [0, 0.05) is 28.9 Å². The number of carbonyl (C=O) groups excluding carboxylic acids is 3. The van der Waals surface area contributed by atoms with Gasteiger partial charge in [-0.25, -0.2) is 0 Å². The van der Waals surface area contributed by atoms with Crippen LogP contribution in [0.3, 0.4) is 0 Å². The molecule has 0 saturated heterocycles. The van der Waals surface area contributed by atoms with E-state index >= 15 is 0 Å². The average Bonchev–Trinajstić information content (AvgIpc) is 3.23. The van der Waals surface area contributed by atoms with Gasteiger partial charge in [0.15, 0.2) is 11.6 Å². The van der Waals surface area contributed by atoms with E-state index in [-0.39, 0.29) is 23.2 Å². The van der Waals surface area contributed by atoms with E-state index in [0.29, 0.717) is 51.8 Å². The number of amides is 1. The molecule has 0 spiro atoms. The van der Waals surface area contributed by atoms with Crippen molar-refractivity contribution in [2.45, 2.75) is 39.0 Å². The van der Waals surface area contributed by atoms with Crippen LogP contribution in [0.2, 0.25) is 0 Å². The number of dihydropyridines is 1. The Morgan fingerprint density at radius 2 is 1.97 bits per heavy atom. The second-order valence-corrected chi connectivity index (χ2v) is 8.99. The zero-order valence-corrected chi connectivity index (χ0v) is 19.2. The normalized spacial score (nSPS) is 17.8. The van der Waals surface area contributed by atoms with Crippen LogP contribution >= 0.6 is 11.8 Å². The molecule has 1 aromatic carbocycles. The van der Waals surface area contributed by atoms with E-state index in [2.05, 4.69) is 16.7 Å². The molecule has 7 nitrogen and oxygen atoms in total. The monoisotopic (exact) mass is 461 g/mol. The fraction of sp³-hybridized carbons (Fsp3) is 0.280. The number of anilines is 1. The van der Waals surface area contributed by atoms with Crippen LogP contribution in [-0.2, 0) is 9.59 Å².